The van der Waals surface area contributed by atoms with E-state index >= 15 is 0 Å². The minimum Gasteiger partial charge on any atom is -0.354 e. The zero-order valence-electron chi connectivity index (χ0n) is 19.9. The number of carbonyl (C=O) groups excluding carboxylic acids is 1. The molecule has 0 radical (unpaired) electrons. The molecule has 3 N–H and O–H groups in total. The van der Waals surface area contributed by atoms with E-state index in [0.29, 0.717) is 28.4 Å². The predicted molar refractivity (Wildman–Crippen MR) is 141 cm³/mol. The van der Waals surface area contributed by atoms with Gasteiger partial charge in [-0.2, -0.15) is 0 Å². The van der Waals surface area contributed by atoms with Crippen LogP contribution in [-0.2, 0) is 11.2 Å². The standard InChI is InChI=1S/C28H25N5O3/c1-17(2)14-25-29-16-24(31-25)18-8-10-20(11-9-18)30-27(19-6-4-3-5-7-19)26-22-15-21(33(35)36)12-13-23(22)32-28(26)34/h3-13,15-17,30H,14H2,1-2H3,(H,29,31)(H,32,34). The molecule has 1 aromatic heterocycles. The third kappa shape index (κ3) is 4.61. The summed E-state index contributed by atoms with van der Waals surface area (Å²) in [6.07, 6.45) is 2.79. The molecule has 1 aliphatic heterocycles. The highest BCUT2D eigenvalue weighted by atomic mass is 16.6. The molecule has 36 heavy (non-hydrogen) atoms. The number of amides is 1. The topological polar surface area (TPSA) is 113 Å². The van der Waals surface area contributed by atoms with Gasteiger partial charge in [-0.3, -0.25) is 14.9 Å². The van der Waals surface area contributed by atoms with Crippen molar-refractivity contribution in [3.05, 3.63) is 106 Å². The van der Waals surface area contributed by atoms with E-state index in [4.69, 9.17) is 0 Å². The first kappa shape index (κ1) is 23.0. The van der Waals surface area contributed by atoms with E-state index < -0.39 is 4.92 Å². The average molecular weight is 480 g/mol. The van der Waals surface area contributed by atoms with Gasteiger partial charge in [-0.05, 0) is 29.7 Å². The molecule has 5 rings (SSSR count). The summed E-state index contributed by atoms with van der Waals surface area (Å²) in [5.74, 6) is 1.15. The quantitative estimate of drug-likeness (QED) is 0.168. The molecule has 0 saturated heterocycles. The Morgan fingerprint density at radius 2 is 1.81 bits per heavy atom. The molecule has 3 aromatic carbocycles. The SMILES string of the molecule is CC(C)Cc1nc(-c2ccc(NC(=C3C(=O)Nc4ccc([N+](=O)[O-])cc43)c3ccccc3)cc2)c[nH]1. The average Bonchev–Trinajstić information content (AvgIpc) is 3.46. The molecule has 1 amide bonds. The molecule has 8 heteroatoms. The van der Waals surface area contributed by atoms with Crippen LogP contribution in [0.3, 0.4) is 0 Å². The fourth-order valence-corrected chi connectivity index (χ4v) is 4.27. The van der Waals surface area contributed by atoms with E-state index in [1.54, 1.807) is 6.07 Å². The van der Waals surface area contributed by atoms with E-state index in [2.05, 4.69) is 34.4 Å². The zero-order chi connectivity index (χ0) is 25.2. The molecular formula is C28H25N5O3. The van der Waals surface area contributed by atoms with Gasteiger partial charge >= 0.3 is 0 Å². The zero-order valence-corrected chi connectivity index (χ0v) is 19.9. The molecule has 1 aliphatic rings. The van der Waals surface area contributed by atoms with Gasteiger partial charge in [0.25, 0.3) is 11.6 Å². The van der Waals surface area contributed by atoms with Gasteiger partial charge in [0.05, 0.1) is 21.9 Å². The molecule has 8 nitrogen and oxygen atoms in total. The number of nitro groups is 1. The lowest BCUT2D eigenvalue weighted by Crippen LogP contribution is -2.10. The second-order valence-corrected chi connectivity index (χ2v) is 9.09. The minimum absolute atomic E-state index is 0.0737. The lowest BCUT2D eigenvalue weighted by Gasteiger charge is -2.15. The summed E-state index contributed by atoms with van der Waals surface area (Å²) >= 11 is 0. The van der Waals surface area contributed by atoms with Crippen molar-refractivity contribution >= 4 is 34.2 Å². The Balaban J connectivity index is 1.52. The third-order valence-electron chi connectivity index (χ3n) is 5.95. The van der Waals surface area contributed by atoms with Gasteiger partial charge in [0, 0.05) is 47.3 Å². The first-order valence-corrected chi connectivity index (χ1v) is 11.7. The molecule has 0 fully saturated rings. The summed E-state index contributed by atoms with van der Waals surface area (Å²) in [5, 5.41) is 17.6. The lowest BCUT2D eigenvalue weighted by molar-refractivity contribution is -0.384. The summed E-state index contributed by atoms with van der Waals surface area (Å²) in [4.78, 5) is 31.9. The van der Waals surface area contributed by atoms with Crippen LogP contribution in [0.15, 0.2) is 79.0 Å². The number of fused-ring (bicyclic) bond motifs is 1. The molecule has 0 saturated carbocycles. The molecule has 0 aliphatic carbocycles. The first-order valence-electron chi connectivity index (χ1n) is 11.7. The van der Waals surface area contributed by atoms with Crippen LogP contribution < -0.4 is 10.6 Å². The molecular weight excluding hydrogens is 454 g/mol. The number of hydrogen-bond donors (Lipinski definition) is 3. The second-order valence-electron chi connectivity index (χ2n) is 9.09. The van der Waals surface area contributed by atoms with Crippen molar-refractivity contribution in [3.63, 3.8) is 0 Å². The number of nitro benzene ring substituents is 1. The van der Waals surface area contributed by atoms with Gasteiger partial charge in [-0.25, -0.2) is 4.98 Å². The Labute approximate surface area is 208 Å². The fraction of sp³-hybridized carbons (Fsp3) is 0.143. The van der Waals surface area contributed by atoms with Crippen LogP contribution in [0.5, 0.6) is 0 Å². The van der Waals surface area contributed by atoms with Crippen molar-refractivity contribution in [1.29, 1.82) is 0 Å². The number of aromatic amines is 1. The summed E-state index contributed by atoms with van der Waals surface area (Å²) in [6, 6.07) is 21.6. The monoisotopic (exact) mass is 479 g/mol. The number of non-ortho nitro benzene ring substituents is 1. The van der Waals surface area contributed by atoms with Gasteiger partial charge in [0.1, 0.15) is 5.82 Å². The van der Waals surface area contributed by atoms with Gasteiger partial charge in [0.2, 0.25) is 0 Å². The maximum atomic E-state index is 13.0. The Morgan fingerprint density at radius 1 is 1.06 bits per heavy atom. The van der Waals surface area contributed by atoms with Crippen molar-refractivity contribution < 1.29 is 9.72 Å². The smallest absolute Gasteiger partial charge is 0.270 e. The van der Waals surface area contributed by atoms with Gasteiger partial charge in [-0.1, -0.05) is 56.3 Å². The third-order valence-corrected chi connectivity index (χ3v) is 5.95. The highest BCUT2D eigenvalue weighted by Crippen LogP contribution is 2.39. The van der Waals surface area contributed by atoms with Gasteiger partial charge in [-0.15, -0.1) is 0 Å². The van der Waals surface area contributed by atoms with Crippen molar-refractivity contribution in [2.45, 2.75) is 20.3 Å². The number of imidazole rings is 1. The maximum absolute atomic E-state index is 13.0. The molecule has 0 unspecified atom stereocenters. The number of carbonyl (C=O) groups is 1. The highest BCUT2D eigenvalue weighted by Gasteiger charge is 2.30. The van der Waals surface area contributed by atoms with Crippen molar-refractivity contribution in [1.82, 2.24) is 9.97 Å². The molecule has 0 atom stereocenters. The van der Waals surface area contributed by atoms with Crippen molar-refractivity contribution in [2.75, 3.05) is 10.6 Å². The summed E-state index contributed by atoms with van der Waals surface area (Å²) in [6.45, 7) is 4.31. The Bertz CT molecular complexity index is 1470. The van der Waals surface area contributed by atoms with Crippen LogP contribution in [0, 0.1) is 16.0 Å². The number of rotatable bonds is 7. The molecule has 180 valence electrons. The van der Waals surface area contributed by atoms with Gasteiger partial charge < -0.3 is 15.6 Å². The number of anilines is 2. The van der Waals surface area contributed by atoms with Crippen LogP contribution in [0.1, 0.15) is 30.8 Å². The largest absolute Gasteiger partial charge is 0.354 e. The summed E-state index contributed by atoms with van der Waals surface area (Å²) in [7, 11) is 0. The van der Waals surface area contributed by atoms with Crippen molar-refractivity contribution in [2.24, 2.45) is 5.92 Å². The molecule has 0 bridgehead atoms. The van der Waals surface area contributed by atoms with E-state index in [9.17, 15) is 14.9 Å². The number of nitrogens with one attached hydrogen (secondary N) is 3. The molecule has 0 spiro atoms. The van der Waals surface area contributed by atoms with Crippen LogP contribution in [0.2, 0.25) is 0 Å². The van der Waals surface area contributed by atoms with Gasteiger partial charge in [0.15, 0.2) is 0 Å². The van der Waals surface area contributed by atoms with Crippen molar-refractivity contribution in [3.8, 4) is 11.3 Å². The van der Waals surface area contributed by atoms with Crippen LogP contribution in [-0.4, -0.2) is 20.8 Å². The normalized spacial score (nSPS) is 13.9. The Hall–Kier alpha value is -4.72. The Morgan fingerprint density at radius 3 is 2.50 bits per heavy atom. The Kier molecular flexibility index (Phi) is 6.08. The van der Waals surface area contributed by atoms with Crippen LogP contribution >= 0.6 is 0 Å². The van der Waals surface area contributed by atoms with Crippen LogP contribution in [0.25, 0.3) is 22.5 Å². The van der Waals surface area contributed by atoms with E-state index in [1.807, 2.05) is 60.8 Å². The number of hydrogen-bond acceptors (Lipinski definition) is 5. The summed E-state index contributed by atoms with van der Waals surface area (Å²) < 4.78 is 0. The lowest BCUT2D eigenvalue weighted by atomic mass is 9.99. The van der Waals surface area contributed by atoms with E-state index in [1.165, 1.54) is 12.1 Å². The number of benzene rings is 3. The highest BCUT2D eigenvalue weighted by molar-refractivity contribution is 6.37. The minimum atomic E-state index is -0.462. The number of H-pyrrole nitrogens is 1. The maximum Gasteiger partial charge on any atom is 0.270 e. The molecule has 4 aromatic rings. The predicted octanol–water partition coefficient (Wildman–Crippen LogP) is 6.12. The number of aromatic nitrogens is 2. The van der Waals surface area contributed by atoms with Crippen LogP contribution in [0.4, 0.5) is 17.1 Å². The fourth-order valence-electron chi connectivity index (χ4n) is 4.27. The summed E-state index contributed by atoms with van der Waals surface area (Å²) in [5.41, 5.74) is 5.29. The van der Waals surface area contributed by atoms with E-state index in [-0.39, 0.29) is 11.6 Å². The first-order chi connectivity index (χ1) is 17.4. The second kappa shape index (κ2) is 9.50. The van der Waals surface area contributed by atoms with E-state index in [0.717, 1.165) is 34.8 Å². The molecule has 2 heterocycles. The number of nitrogens with zero attached hydrogens (tertiary/aromatic N) is 2.